The molecule has 1 aliphatic carbocycles. The molecule has 0 heterocycles. The van der Waals surface area contributed by atoms with Crippen molar-refractivity contribution in [3.05, 3.63) is 48.0 Å². The Kier molecular flexibility index (Phi) is 5.55. The van der Waals surface area contributed by atoms with Crippen molar-refractivity contribution in [1.29, 1.82) is 0 Å². The molecule has 21 heavy (non-hydrogen) atoms. The van der Waals surface area contributed by atoms with Crippen molar-refractivity contribution in [2.24, 2.45) is 5.92 Å². The molecule has 2 N–H and O–H groups in total. The number of amides is 1. The lowest BCUT2D eigenvalue weighted by Gasteiger charge is -2.16. The minimum Gasteiger partial charge on any atom is -0.480 e. The molecule has 0 saturated heterocycles. The molecule has 4 nitrogen and oxygen atoms in total. The highest BCUT2D eigenvalue weighted by Crippen LogP contribution is 2.20. The first-order valence-electron chi connectivity index (χ1n) is 7.38. The van der Waals surface area contributed by atoms with E-state index in [-0.39, 0.29) is 11.8 Å². The van der Waals surface area contributed by atoms with Gasteiger partial charge in [0.1, 0.15) is 6.04 Å². The smallest absolute Gasteiger partial charge is 0.326 e. The summed E-state index contributed by atoms with van der Waals surface area (Å²) in [5, 5.41) is 11.9. The average Bonchev–Trinajstić information content (AvgIpc) is 2.97. The number of allylic oxidation sites excluding steroid dienone is 2. The molecule has 0 aromatic heterocycles. The number of nitrogens with one attached hydrogen (secondary N) is 1. The third kappa shape index (κ3) is 5.06. The molecule has 112 valence electrons. The Bertz CT molecular complexity index is 510. The van der Waals surface area contributed by atoms with E-state index in [1.165, 1.54) is 0 Å². The minimum atomic E-state index is -0.971. The Balaban J connectivity index is 1.82. The van der Waals surface area contributed by atoms with E-state index < -0.39 is 12.0 Å². The van der Waals surface area contributed by atoms with E-state index in [0.717, 1.165) is 18.4 Å². The predicted octanol–water partition coefficient (Wildman–Crippen LogP) is 2.54. The third-order valence-electron chi connectivity index (χ3n) is 3.76. The molecule has 0 saturated carbocycles. The van der Waals surface area contributed by atoms with Gasteiger partial charge in [0.15, 0.2) is 0 Å². The molecule has 0 spiro atoms. The lowest BCUT2D eigenvalue weighted by atomic mass is 10.0. The van der Waals surface area contributed by atoms with E-state index in [2.05, 4.69) is 11.4 Å². The molecule has 0 radical (unpaired) electrons. The number of carbonyl (C=O) groups excluding carboxylic acids is 1. The van der Waals surface area contributed by atoms with Gasteiger partial charge in [-0.05, 0) is 37.2 Å². The van der Waals surface area contributed by atoms with Crippen LogP contribution in [0.1, 0.15) is 31.2 Å². The van der Waals surface area contributed by atoms with Gasteiger partial charge >= 0.3 is 5.97 Å². The molecule has 0 fully saturated rings. The molecule has 0 aliphatic heterocycles. The van der Waals surface area contributed by atoms with Gasteiger partial charge < -0.3 is 10.4 Å². The van der Waals surface area contributed by atoms with Gasteiger partial charge in [-0.15, -0.1) is 0 Å². The summed E-state index contributed by atoms with van der Waals surface area (Å²) in [6.45, 7) is 0. The first-order chi connectivity index (χ1) is 10.1. The Labute approximate surface area is 124 Å². The van der Waals surface area contributed by atoms with E-state index in [0.29, 0.717) is 19.3 Å². The molecular weight excluding hydrogens is 266 g/mol. The molecular formula is C17H21NO3. The topological polar surface area (TPSA) is 66.4 Å². The minimum absolute atomic E-state index is 0.174. The fraction of sp³-hybridized carbons (Fsp3) is 0.412. The van der Waals surface area contributed by atoms with Crippen LogP contribution in [0.4, 0.5) is 0 Å². The van der Waals surface area contributed by atoms with Gasteiger partial charge in [0, 0.05) is 6.42 Å². The van der Waals surface area contributed by atoms with Crippen LogP contribution in [0.25, 0.3) is 0 Å². The average molecular weight is 287 g/mol. The highest BCUT2D eigenvalue weighted by atomic mass is 16.4. The van der Waals surface area contributed by atoms with Crippen molar-refractivity contribution in [2.75, 3.05) is 0 Å². The van der Waals surface area contributed by atoms with E-state index in [1.54, 1.807) is 0 Å². The largest absolute Gasteiger partial charge is 0.480 e. The zero-order valence-electron chi connectivity index (χ0n) is 12.0. The van der Waals surface area contributed by atoms with E-state index in [9.17, 15) is 14.7 Å². The van der Waals surface area contributed by atoms with Crippen LogP contribution < -0.4 is 5.32 Å². The second-order valence-corrected chi connectivity index (χ2v) is 5.45. The zero-order chi connectivity index (χ0) is 15.1. The van der Waals surface area contributed by atoms with Crippen molar-refractivity contribution >= 4 is 11.9 Å². The lowest BCUT2D eigenvalue weighted by Crippen LogP contribution is -2.41. The van der Waals surface area contributed by atoms with Crippen molar-refractivity contribution in [3.63, 3.8) is 0 Å². The van der Waals surface area contributed by atoms with Gasteiger partial charge in [-0.1, -0.05) is 42.5 Å². The second-order valence-electron chi connectivity index (χ2n) is 5.45. The summed E-state index contributed by atoms with van der Waals surface area (Å²) in [4.78, 5) is 23.2. The number of carbonyl (C=O) groups is 2. The molecule has 4 heteroatoms. The SMILES string of the molecule is O=C(CC1C=CCC1)N[C@@H](CCc1ccccc1)C(=O)O. The number of carboxylic acids is 1. The van der Waals surface area contributed by atoms with Crippen molar-refractivity contribution in [3.8, 4) is 0 Å². The van der Waals surface area contributed by atoms with Crippen LogP contribution in [0, 0.1) is 5.92 Å². The van der Waals surface area contributed by atoms with Crippen LogP contribution in [-0.4, -0.2) is 23.0 Å². The molecule has 2 rings (SSSR count). The van der Waals surface area contributed by atoms with E-state index in [1.807, 2.05) is 36.4 Å². The number of aryl methyl sites for hydroxylation is 1. The molecule has 1 aromatic carbocycles. The Morgan fingerprint density at radius 3 is 2.67 bits per heavy atom. The standard InChI is InChI=1S/C17H21NO3/c19-16(12-14-8-4-5-9-14)18-15(17(20)21)11-10-13-6-2-1-3-7-13/h1-4,6-8,14-15H,5,9-12H2,(H,18,19)(H,20,21)/t14?,15-/m0/s1. The number of hydrogen-bond acceptors (Lipinski definition) is 2. The maximum absolute atomic E-state index is 11.9. The number of hydrogen-bond donors (Lipinski definition) is 2. The van der Waals surface area contributed by atoms with Gasteiger partial charge in [-0.3, -0.25) is 4.79 Å². The Hall–Kier alpha value is -2.10. The molecule has 1 unspecified atom stereocenters. The quantitative estimate of drug-likeness (QED) is 0.757. The van der Waals surface area contributed by atoms with Crippen LogP contribution in [0.15, 0.2) is 42.5 Å². The third-order valence-corrected chi connectivity index (χ3v) is 3.76. The van der Waals surface area contributed by atoms with Gasteiger partial charge in [-0.25, -0.2) is 4.79 Å². The second kappa shape index (κ2) is 7.62. The van der Waals surface area contributed by atoms with Gasteiger partial charge in [-0.2, -0.15) is 0 Å². The Morgan fingerprint density at radius 1 is 1.29 bits per heavy atom. The maximum atomic E-state index is 11.9. The fourth-order valence-corrected chi connectivity index (χ4v) is 2.57. The van der Waals surface area contributed by atoms with Crippen molar-refractivity contribution in [2.45, 2.75) is 38.1 Å². The molecule has 2 atom stereocenters. The Morgan fingerprint density at radius 2 is 2.05 bits per heavy atom. The molecule has 1 aromatic rings. The lowest BCUT2D eigenvalue weighted by molar-refractivity contribution is -0.142. The molecule has 1 aliphatic rings. The first kappa shape index (κ1) is 15.3. The highest BCUT2D eigenvalue weighted by molar-refractivity contribution is 5.83. The summed E-state index contributed by atoms with van der Waals surface area (Å²) in [6.07, 6.45) is 7.53. The maximum Gasteiger partial charge on any atom is 0.326 e. The highest BCUT2D eigenvalue weighted by Gasteiger charge is 2.21. The summed E-state index contributed by atoms with van der Waals surface area (Å²) in [6, 6.07) is 8.89. The van der Waals surface area contributed by atoms with Crippen molar-refractivity contribution in [1.82, 2.24) is 5.32 Å². The van der Waals surface area contributed by atoms with Crippen molar-refractivity contribution < 1.29 is 14.7 Å². The first-order valence-corrected chi connectivity index (χ1v) is 7.38. The van der Waals surface area contributed by atoms with Gasteiger partial charge in [0.05, 0.1) is 0 Å². The summed E-state index contributed by atoms with van der Waals surface area (Å²) in [5.74, 6) is -0.887. The normalized spacial score (nSPS) is 18.4. The zero-order valence-corrected chi connectivity index (χ0v) is 12.0. The number of aliphatic carboxylic acids is 1. The number of rotatable bonds is 7. The van der Waals surface area contributed by atoms with Gasteiger partial charge in [0.25, 0.3) is 0 Å². The van der Waals surface area contributed by atoms with Crippen LogP contribution in [0.2, 0.25) is 0 Å². The molecule has 0 bridgehead atoms. The van der Waals surface area contributed by atoms with Crippen LogP contribution in [0.3, 0.4) is 0 Å². The monoisotopic (exact) mass is 287 g/mol. The summed E-state index contributed by atoms with van der Waals surface area (Å²) >= 11 is 0. The molecule has 1 amide bonds. The van der Waals surface area contributed by atoms with Crippen LogP contribution >= 0.6 is 0 Å². The predicted molar refractivity (Wildman–Crippen MR) is 80.8 cm³/mol. The van der Waals surface area contributed by atoms with Crippen LogP contribution in [-0.2, 0) is 16.0 Å². The summed E-state index contributed by atoms with van der Waals surface area (Å²) in [7, 11) is 0. The van der Waals surface area contributed by atoms with E-state index >= 15 is 0 Å². The fourth-order valence-electron chi connectivity index (χ4n) is 2.57. The van der Waals surface area contributed by atoms with Gasteiger partial charge in [0.2, 0.25) is 5.91 Å². The van der Waals surface area contributed by atoms with Crippen LogP contribution in [0.5, 0.6) is 0 Å². The number of carboxylic acid groups (broad SMARTS) is 1. The summed E-state index contributed by atoms with van der Waals surface area (Å²) < 4.78 is 0. The summed E-state index contributed by atoms with van der Waals surface area (Å²) in [5.41, 5.74) is 1.08. The number of benzene rings is 1. The van der Waals surface area contributed by atoms with E-state index in [4.69, 9.17) is 0 Å².